The summed E-state index contributed by atoms with van der Waals surface area (Å²) in [5.74, 6) is -2.30. The van der Waals surface area contributed by atoms with E-state index in [-0.39, 0.29) is 52.7 Å². The number of rotatable bonds is 11. The van der Waals surface area contributed by atoms with E-state index in [2.05, 4.69) is 41.2 Å². The van der Waals surface area contributed by atoms with Crippen LogP contribution in [0.4, 0.5) is 8.78 Å². The maximum atomic E-state index is 16.2. The largest absolute Gasteiger partial charge is 0.482 e. The zero-order chi connectivity index (χ0) is 30.2. The minimum absolute atomic E-state index is 0.0200. The van der Waals surface area contributed by atoms with Crippen LogP contribution >= 0.6 is 11.6 Å². The predicted molar refractivity (Wildman–Crippen MR) is 158 cm³/mol. The molecule has 4 rings (SSSR count). The number of nitrogens with zero attached hydrogens (tertiary/aromatic N) is 1. The Bertz CT molecular complexity index is 1300. The summed E-state index contributed by atoms with van der Waals surface area (Å²) in [6.07, 6.45) is 12.2. The Morgan fingerprint density at radius 3 is 2.63 bits per heavy atom. The van der Waals surface area contributed by atoms with Crippen molar-refractivity contribution in [3.05, 3.63) is 63.8 Å². The summed E-state index contributed by atoms with van der Waals surface area (Å²) in [5, 5.41) is 2.22. The average Bonchev–Trinajstić information content (AvgIpc) is 3.35. The second-order valence-corrected chi connectivity index (χ2v) is 10.4. The van der Waals surface area contributed by atoms with Crippen molar-refractivity contribution in [2.75, 3.05) is 27.3 Å². The molecule has 1 aromatic heterocycles. The van der Waals surface area contributed by atoms with Gasteiger partial charge in [0.15, 0.2) is 5.82 Å². The molecule has 0 fully saturated rings. The lowest BCUT2D eigenvalue weighted by Crippen LogP contribution is -2.36. The summed E-state index contributed by atoms with van der Waals surface area (Å²) >= 11 is 6.56. The van der Waals surface area contributed by atoms with Crippen molar-refractivity contribution in [1.82, 2.24) is 10.3 Å². The number of aromatic nitrogens is 1. The number of hydrogen-bond donors (Lipinski definition) is 2. The minimum Gasteiger partial charge on any atom is -0.482 e. The van der Waals surface area contributed by atoms with Crippen LogP contribution in [-0.4, -0.2) is 49.9 Å². The van der Waals surface area contributed by atoms with Crippen LogP contribution in [0.2, 0.25) is 5.02 Å². The highest BCUT2D eigenvalue weighted by Crippen LogP contribution is 2.51. The highest BCUT2D eigenvalue weighted by molar-refractivity contribution is 6.34. The number of allylic oxidation sites excluding steroid dienone is 2. The molecule has 0 bridgehead atoms. The topological polar surface area (TPSA) is 95.7 Å². The molecule has 1 aliphatic heterocycles. The van der Waals surface area contributed by atoms with Gasteiger partial charge < -0.3 is 25.3 Å². The van der Waals surface area contributed by atoms with Gasteiger partial charge in [-0.3, -0.25) is 4.79 Å². The van der Waals surface area contributed by atoms with Gasteiger partial charge in [0.1, 0.15) is 23.8 Å². The quantitative estimate of drug-likeness (QED) is 0.287. The standard InChI is InChI=1S/C30H35ClF2N2O4.CH5N/c1-5-6-12-30(19-10-8-7-9-11-19)16-20-23(39-30)15-22(32)26(31)24(20)25-21(28(36)34-4)17-35-29(27(25)33)38-14-13-37-18(2)3;1-2/h8,10-11,15,17-18H,5-7,9,12-14,16H2,1-4H3,(H,34,36);2H2,1H3. The minimum atomic E-state index is -0.904. The van der Waals surface area contributed by atoms with Crippen molar-refractivity contribution in [1.29, 1.82) is 0 Å². The number of carbonyl (C=O) groups excluding carboxylic acids is 1. The number of benzene rings is 1. The lowest BCUT2D eigenvalue weighted by Gasteiger charge is -2.31. The fourth-order valence-corrected chi connectivity index (χ4v) is 5.37. The van der Waals surface area contributed by atoms with E-state index in [9.17, 15) is 4.79 Å². The summed E-state index contributed by atoms with van der Waals surface area (Å²) in [5.41, 5.74) is 5.13. The van der Waals surface area contributed by atoms with E-state index in [0.717, 1.165) is 31.3 Å². The summed E-state index contributed by atoms with van der Waals surface area (Å²) < 4.78 is 49.1. The number of amides is 1. The van der Waals surface area contributed by atoms with Gasteiger partial charge in [0.25, 0.3) is 11.8 Å². The maximum absolute atomic E-state index is 16.2. The van der Waals surface area contributed by atoms with Crippen LogP contribution in [0.3, 0.4) is 0 Å². The normalized spacial score (nSPS) is 17.4. The Kier molecular flexibility index (Phi) is 11.7. The first-order chi connectivity index (χ1) is 19.7. The summed E-state index contributed by atoms with van der Waals surface area (Å²) in [6.45, 7) is 6.11. The van der Waals surface area contributed by atoms with Crippen molar-refractivity contribution < 1.29 is 27.8 Å². The van der Waals surface area contributed by atoms with E-state index in [0.29, 0.717) is 18.4 Å². The second-order valence-electron chi connectivity index (χ2n) is 10.1. The van der Waals surface area contributed by atoms with Crippen molar-refractivity contribution in [3.8, 4) is 22.8 Å². The zero-order valence-corrected chi connectivity index (χ0v) is 25.2. The Morgan fingerprint density at radius 2 is 2.00 bits per heavy atom. The number of halogens is 3. The van der Waals surface area contributed by atoms with Gasteiger partial charge in [0, 0.05) is 42.4 Å². The van der Waals surface area contributed by atoms with E-state index >= 15 is 8.78 Å². The molecule has 2 aromatic rings. The summed E-state index contributed by atoms with van der Waals surface area (Å²) in [4.78, 5) is 16.9. The lowest BCUT2D eigenvalue weighted by molar-refractivity contribution is 0.0533. The van der Waals surface area contributed by atoms with Crippen LogP contribution in [0.1, 0.15) is 68.8 Å². The molecule has 3 N–H and O–H groups in total. The predicted octanol–water partition coefficient (Wildman–Crippen LogP) is 6.56. The molecule has 10 heteroatoms. The van der Waals surface area contributed by atoms with Crippen molar-refractivity contribution in [3.63, 3.8) is 0 Å². The fourth-order valence-electron chi connectivity index (χ4n) is 5.10. The number of nitrogens with one attached hydrogen (secondary N) is 1. The first-order valence-corrected chi connectivity index (χ1v) is 14.4. The van der Waals surface area contributed by atoms with E-state index in [1.165, 1.54) is 26.4 Å². The van der Waals surface area contributed by atoms with E-state index in [1.807, 2.05) is 13.8 Å². The Labute approximate surface area is 246 Å². The van der Waals surface area contributed by atoms with Crippen molar-refractivity contribution in [2.24, 2.45) is 5.73 Å². The third-order valence-corrected chi connectivity index (χ3v) is 7.36. The molecule has 2 heterocycles. The van der Waals surface area contributed by atoms with Crippen molar-refractivity contribution >= 4 is 17.5 Å². The van der Waals surface area contributed by atoms with E-state index in [1.54, 1.807) is 0 Å². The SMILES string of the molecule is CCCCC1(C2=CCCC=C2)Cc2c(cc(F)c(Cl)c2-c2c(C(=O)NC)cnc(OCCOC(C)C)c2F)O1.CN. The molecule has 7 nitrogen and oxygen atoms in total. The number of unbranched alkanes of at least 4 members (excludes halogenated alkanes) is 1. The van der Waals surface area contributed by atoms with E-state index < -0.39 is 23.1 Å². The van der Waals surface area contributed by atoms with Crippen LogP contribution in [0.15, 0.2) is 36.1 Å². The fraction of sp³-hybridized carbons (Fsp3) is 0.484. The number of fused-ring (bicyclic) bond motifs is 1. The van der Waals surface area contributed by atoms with Crippen LogP contribution in [0, 0.1) is 11.6 Å². The van der Waals surface area contributed by atoms with Gasteiger partial charge in [-0.05, 0) is 52.2 Å². The van der Waals surface area contributed by atoms with Crippen LogP contribution in [-0.2, 0) is 11.2 Å². The van der Waals surface area contributed by atoms with Crippen LogP contribution in [0.5, 0.6) is 11.6 Å². The maximum Gasteiger partial charge on any atom is 0.253 e. The molecule has 2 aliphatic rings. The molecule has 1 unspecified atom stereocenters. The first-order valence-electron chi connectivity index (χ1n) is 14.0. The number of nitrogens with two attached hydrogens (primary N) is 1. The average molecular weight is 592 g/mol. The Hall–Kier alpha value is -3.01. The van der Waals surface area contributed by atoms with Gasteiger partial charge in [0.2, 0.25) is 0 Å². The monoisotopic (exact) mass is 591 g/mol. The number of hydrogen-bond acceptors (Lipinski definition) is 6. The van der Waals surface area contributed by atoms with E-state index in [4.69, 9.17) is 25.8 Å². The van der Waals surface area contributed by atoms with Crippen LogP contribution in [0.25, 0.3) is 11.1 Å². The lowest BCUT2D eigenvalue weighted by atomic mass is 9.80. The van der Waals surface area contributed by atoms with Crippen molar-refractivity contribution in [2.45, 2.75) is 71.0 Å². The molecule has 0 saturated carbocycles. The highest BCUT2D eigenvalue weighted by Gasteiger charge is 2.44. The third-order valence-electron chi connectivity index (χ3n) is 6.99. The molecule has 0 radical (unpaired) electrons. The van der Waals surface area contributed by atoms with Gasteiger partial charge in [-0.1, -0.05) is 43.2 Å². The number of carbonyl (C=O) groups is 1. The number of ether oxygens (including phenoxy) is 3. The molecular formula is C31H40ClF2N3O4. The smallest absolute Gasteiger partial charge is 0.253 e. The van der Waals surface area contributed by atoms with Gasteiger partial charge in [0.05, 0.1) is 23.3 Å². The Morgan fingerprint density at radius 1 is 1.24 bits per heavy atom. The molecule has 224 valence electrons. The first kappa shape index (κ1) is 32.5. The number of pyridine rings is 1. The Balaban J connectivity index is 0.00000226. The third kappa shape index (κ3) is 7.08. The molecular weight excluding hydrogens is 552 g/mol. The summed E-state index contributed by atoms with van der Waals surface area (Å²) in [6, 6.07) is 1.25. The molecule has 0 saturated heterocycles. The molecule has 1 amide bonds. The van der Waals surface area contributed by atoms with Gasteiger partial charge in [-0.25, -0.2) is 13.8 Å². The van der Waals surface area contributed by atoms with Crippen LogP contribution < -0.4 is 20.5 Å². The molecule has 41 heavy (non-hydrogen) atoms. The van der Waals surface area contributed by atoms with Gasteiger partial charge >= 0.3 is 0 Å². The molecule has 1 aromatic carbocycles. The highest BCUT2D eigenvalue weighted by atomic mass is 35.5. The second kappa shape index (κ2) is 14.8. The zero-order valence-electron chi connectivity index (χ0n) is 24.4. The molecule has 1 aliphatic carbocycles. The summed E-state index contributed by atoms with van der Waals surface area (Å²) in [7, 11) is 2.93. The van der Waals surface area contributed by atoms with Gasteiger partial charge in [-0.15, -0.1) is 0 Å². The van der Waals surface area contributed by atoms with Gasteiger partial charge in [-0.2, -0.15) is 0 Å². The molecule has 0 spiro atoms. The molecule has 1 atom stereocenters.